The normalized spacial score (nSPS) is 14.4. The molecular weight excluding hydrogens is 234 g/mol. The summed E-state index contributed by atoms with van der Waals surface area (Å²) in [5.41, 5.74) is 2.16. The third kappa shape index (κ3) is 3.07. The highest BCUT2D eigenvalue weighted by Crippen LogP contribution is 2.29. The minimum Gasteiger partial charge on any atom is -0.396 e. The number of hydrogen-bond acceptors (Lipinski definition) is 3. The number of aryl methyl sites for hydroxylation is 1. The lowest BCUT2D eigenvalue weighted by Crippen LogP contribution is -2.25. The monoisotopic (exact) mass is 253 g/mol. The number of thiophene rings is 1. The van der Waals surface area contributed by atoms with E-state index < -0.39 is 0 Å². The van der Waals surface area contributed by atoms with Crippen molar-refractivity contribution in [2.45, 2.75) is 38.5 Å². The lowest BCUT2D eigenvalue weighted by molar-refractivity contribution is 0.0951. The van der Waals surface area contributed by atoms with Crippen molar-refractivity contribution >= 4 is 17.2 Å². The van der Waals surface area contributed by atoms with Gasteiger partial charge in [0.2, 0.25) is 0 Å². The maximum atomic E-state index is 12.0. The number of aliphatic hydroxyl groups is 1. The highest BCUT2D eigenvalue weighted by molar-refractivity contribution is 7.10. The van der Waals surface area contributed by atoms with Crippen molar-refractivity contribution in [1.82, 2.24) is 5.32 Å². The van der Waals surface area contributed by atoms with Gasteiger partial charge in [-0.1, -0.05) is 0 Å². The first-order valence-corrected chi connectivity index (χ1v) is 7.19. The highest BCUT2D eigenvalue weighted by atomic mass is 32.1. The number of aliphatic hydroxyl groups excluding tert-OH is 1. The van der Waals surface area contributed by atoms with Crippen molar-refractivity contribution < 1.29 is 9.90 Å². The van der Waals surface area contributed by atoms with Gasteiger partial charge in [-0.05, 0) is 44.1 Å². The van der Waals surface area contributed by atoms with E-state index >= 15 is 0 Å². The Hall–Kier alpha value is -0.870. The summed E-state index contributed by atoms with van der Waals surface area (Å²) in [7, 11) is 0. The summed E-state index contributed by atoms with van der Waals surface area (Å²) in [5.74, 6) is 0.0577. The van der Waals surface area contributed by atoms with E-state index in [0.717, 1.165) is 31.2 Å². The van der Waals surface area contributed by atoms with E-state index in [9.17, 15) is 4.79 Å². The largest absolute Gasteiger partial charge is 0.396 e. The Labute approximate surface area is 106 Å². The number of carbonyl (C=O) groups is 1. The van der Waals surface area contributed by atoms with E-state index in [1.54, 1.807) is 11.3 Å². The van der Waals surface area contributed by atoms with Gasteiger partial charge >= 0.3 is 0 Å². The van der Waals surface area contributed by atoms with Crippen molar-refractivity contribution in [3.8, 4) is 0 Å². The molecule has 2 N–H and O–H groups in total. The molecule has 1 heterocycles. The lowest BCUT2D eigenvalue weighted by Gasteiger charge is -2.12. The van der Waals surface area contributed by atoms with Crippen LogP contribution in [-0.4, -0.2) is 24.2 Å². The SMILES string of the molecule is O=C(NCCCCO)c1csc2c1CCCC2. The predicted molar refractivity (Wildman–Crippen MR) is 69.6 cm³/mol. The second-order valence-corrected chi connectivity index (χ2v) is 5.41. The van der Waals surface area contributed by atoms with Crippen molar-refractivity contribution in [1.29, 1.82) is 0 Å². The second-order valence-electron chi connectivity index (χ2n) is 4.44. The molecule has 1 aromatic rings. The smallest absolute Gasteiger partial charge is 0.252 e. The third-order valence-electron chi connectivity index (χ3n) is 3.18. The topological polar surface area (TPSA) is 49.3 Å². The summed E-state index contributed by atoms with van der Waals surface area (Å²) in [5, 5.41) is 13.6. The molecular formula is C13H19NO2S. The molecule has 1 aliphatic rings. The maximum Gasteiger partial charge on any atom is 0.252 e. The standard InChI is InChI=1S/C13H19NO2S/c15-8-4-3-7-14-13(16)11-9-17-12-6-2-1-5-10(11)12/h9,15H,1-8H2,(H,14,16). The van der Waals surface area contributed by atoms with Crippen LogP contribution in [0.25, 0.3) is 0 Å². The molecule has 17 heavy (non-hydrogen) atoms. The number of unbranched alkanes of at least 4 members (excludes halogenated alkanes) is 1. The molecule has 0 saturated heterocycles. The van der Waals surface area contributed by atoms with Crippen LogP contribution in [-0.2, 0) is 12.8 Å². The highest BCUT2D eigenvalue weighted by Gasteiger charge is 2.19. The molecule has 0 spiro atoms. The Bertz CT molecular complexity index is 387. The summed E-state index contributed by atoms with van der Waals surface area (Å²) in [6, 6.07) is 0. The van der Waals surface area contributed by atoms with E-state index in [2.05, 4.69) is 5.32 Å². The summed E-state index contributed by atoms with van der Waals surface area (Å²) < 4.78 is 0. The molecule has 3 nitrogen and oxygen atoms in total. The van der Waals surface area contributed by atoms with Crippen LogP contribution < -0.4 is 5.32 Å². The molecule has 0 fully saturated rings. The molecule has 1 amide bonds. The number of amides is 1. The average Bonchev–Trinajstić information content (AvgIpc) is 2.78. The Morgan fingerprint density at radius 1 is 1.35 bits per heavy atom. The van der Waals surface area contributed by atoms with Crippen LogP contribution in [0.3, 0.4) is 0 Å². The number of carbonyl (C=O) groups excluding carboxylic acids is 1. The summed E-state index contributed by atoms with van der Waals surface area (Å²) >= 11 is 1.72. The average molecular weight is 253 g/mol. The molecule has 0 aliphatic heterocycles. The summed E-state index contributed by atoms with van der Waals surface area (Å²) in [6.45, 7) is 0.855. The fraction of sp³-hybridized carbons (Fsp3) is 0.615. The molecule has 94 valence electrons. The fourth-order valence-corrected chi connectivity index (χ4v) is 3.34. The maximum absolute atomic E-state index is 12.0. The van der Waals surface area contributed by atoms with Gasteiger partial charge in [-0.15, -0.1) is 11.3 Å². The van der Waals surface area contributed by atoms with Crippen LogP contribution in [0.2, 0.25) is 0 Å². The molecule has 1 aromatic heterocycles. The number of nitrogens with one attached hydrogen (secondary N) is 1. The molecule has 0 atom stereocenters. The van der Waals surface area contributed by atoms with Crippen LogP contribution in [0.15, 0.2) is 5.38 Å². The van der Waals surface area contributed by atoms with Crippen LogP contribution in [0.1, 0.15) is 46.5 Å². The molecule has 4 heteroatoms. The van der Waals surface area contributed by atoms with Gasteiger partial charge < -0.3 is 10.4 Å². The Morgan fingerprint density at radius 3 is 3.00 bits per heavy atom. The zero-order chi connectivity index (χ0) is 12.1. The molecule has 1 aliphatic carbocycles. The van der Waals surface area contributed by atoms with E-state index in [4.69, 9.17) is 5.11 Å². The van der Waals surface area contributed by atoms with E-state index in [0.29, 0.717) is 6.54 Å². The minimum atomic E-state index is 0.0577. The first-order chi connectivity index (χ1) is 8.33. The van der Waals surface area contributed by atoms with E-state index in [-0.39, 0.29) is 12.5 Å². The summed E-state index contributed by atoms with van der Waals surface area (Å²) in [4.78, 5) is 13.4. The van der Waals surface area contributed by atoms with Crippen molar-refractivity contribution in [2.75, 3.05) is 13.2 Å². The number of hydrogen-bond donors (Lipinski definition) is 2. The molecule has 0 bridgehead atoms. The van der Waals surface area contributed by atoms with Crippen LogP contribution >= 0.6 is 11.3 Å². The Morgan fingerprint density at radius 2 is 2.18 bits per heavy atom. The minimum absolute atomic E-state index is 0.0577. The zero-order valence-corrected chi connectivity index (χ0v) is 10.8. The predicted octanol–water partition coefficient (Wildman–Crippen LogP) is 2.13. The Kier molecular flexibility index (Phi) is 4.57. The van der Waals surface area contributed by atoms with Gasteiger partial charge in [0.15, 0.2) is 0 Å². The summed E-state index contributed by atoms with van der Waals surface area (Å²) in [6.07, 6.45) is 6.24. The number of rotatable bonds is 5. The second kappa shape index (κ2) is 6.17. The van der Waals surface area contributed by atoms with Crippen molar-refractivity contribution in [3.63, 3.8) is 0 Å². The van der Waals surface area contributed by atoms with E-state index in [1.165, 1.54) is 23.3 Å². The van der Waals surface area contributed by atoms with Gasteiger partial charge in [-0.25, -0.2) is 0 Å². The molecule has 0 radical (unpaired) electrons. The van der Waals surface area contributed by atoms with Crippen molar-refractivity contribution in [3.05, 3.63) is 21.4 Å². The number of fused-ring (bicyclic) bond motifs is 1. The van der Waals surface area contributed by atoms with Gasteiger partial charge in [-0.2, -0.15) is 0 Å². The fourth-order valence-electron chi connectivity index (χ4n) is 2.22. The Balaban J connectivity index is 1.92. The first kappa shape index (κ1) is 12.6. The first-order valence-electron chi connectivity index (χ1n) is 6.31. The van der Waals surface area contributed by atoms with Gasteiger partial charge in [0.1, 0.15) is 0 Å². The van der Waals surface area contributed by atoms with Gasteiger partial charge in [0.25, 0.3) is 5.91 Å². The van der Waals surface area contributed by atoms with Gasteiger partial charge in [0.05, 0.1) is 5.56 Å². The van der Waals surface area contributed by atoms with Crippen molar-refractivity contribution in [2.24, 2.45) is 0 Å². The molecule has 0 saturated carbocycles. The quantitative estimate of drug-likeness (QED) is 0.790. The van der Waals surface area contributed by atoms with Gasteiger partial charge in [-0.3, -0.25) is 4.79 Å². The van der Waals surface area contributed by atoms with Gasteiger partial charge in [0, 0.05) is 23.4 Å². The molecule has 0 unspecified atom stereocenters. The molecule has 2 rings (SSSR count). The van der Waals surface area contributed by atoms with Crippen LogP contribution in [0, 0.1) is 0 Å². The van der Waals surface area contributed by atoms with Crippen LogP contribution in [0.4, 0.5) is 0 Å². The zero-order valence-electron chi connectivity index (χ0n) is 10.00. The lowest BCUT2D eigenvalue weighted by atomic mass is 9.95. The van der Waals surface area contributed by atoms with Crippen LogP contribution in [0.5, 0.6) is 0 Å². The molecule has 0 aromatic carbocycles. The third-order valence-corrected chi connectivity index (χ3v) is 4.27. The van der Waals surface area contributed by atoms with E-state index in [1.807, 2.05) is 5.38 Å².